The number of thioether (sulfide) groups is 1. The van der Waals surface area contributed by atoms with Crippen LogP contribution in [0.3, 0.4) is 0 Å². The first-order valence-corrected chi connectivity index (χ1v) is 15.5. The third kappa shape index (κ3) is 9.73. The number of hydrogen-bond donors (Lipinski definition) is 2. The third-order valence-electron chi connectivity index (χ3n) is 6.51. The minimum absolute atomic E-state index is 0.331. The molecule has 0 aliphatic rings. The van der Waals surface area contributed by atoms with Crippen LogP contribution >= 0.6 is 23.4 Å². The van der Waals surface area contributed by atoms with Gasteiger partial charge in [-0.1, -0.05) is 55.3 Å². The summed E-state index contributed by atoms with van der Waals surface area (Å²) in [6, 6.07) is 9.41. The fraction of sp³-hybridized carbons (Fsp3) is 0.516. The van der Waals surface area contributed by atoms with Gasteiger partial charge in [0.2, 0.25) is 5.91 Å². The summed E-state index contributed by atoms with van der Waals surface area (Å²) < 4.78 is 5.46. The van der Waals surface area contributed by atoms with Crippen LogP contribution in [-0.2, 0) is 14.3 Å². The number of alkyl carbamates (subject to hydrolysis) is 1. The maximum atomic E-state index is 14.3. The van der Waals surface area contributed by atoms with E-state index in [1.165, 1.54) is 0 Å². The van der Waals surface area contributed by atoms with Crippen molar-refractivity contribution in [1.82, 2.24) is 10.2 Å². The van der Waals surface area contributed by atoms with Crippen LogP contribution in [0.25, 0.3) is 0 Å². The molecule has 3 amide bonds. The van der Waals surface area contributed by atoms with E-state index in [9.17, 15) is 14.4 Å². The highest BCUT2D eigenvalue weighted by Crippen LogP contribution is 2.30. The Morgan fingerprint density at radius 3 is 2.33 bits per heavy atom. The number of nitrogens with one attached hydrogen (secondary N) is 2. The molecule has 0 spiro atoms. The number of halogens is 1. The topological polar surface area (TPSA) is 87.7 Å². The molecule has 0 heterocycles. The van der Waals surface area contributed by atoms with Crippen LogP contribution in [0.1, 0.15) is 75.3 Å². The smallest absolute Gasteiger partial charge is 0.408 e. The quantitative estimate of drug-likeness (QED) is 0.273. The van der Waals surface area contributed by atoms with Crippen molar-refractivity contribution in [3.63, 3.8) is 0 Å². The first-order chi connectivity index (χ1) is 18.8. The normalized spacial score (nSPS) is 12.8. The molecule has 0 aliphatic heterocycles. The number of unbranched alkanes of at least 4 members (excludes halogenated alkanes) is 1. The number of benzene rings is 2. The molecule has 2 unspecified atom stereocenters. The van der Waals surface area contributed by atoms with E-state index in [0.29, 0.717) is 41.4 Å². The largest absolute Gasteiger partial charge is 0.444 e. The molecular weight excluding hydrogens is 546 g/mol. The summed E-state index contributed by atoms with van der Waals surface area (Å²) in [7, 11) is 0. The minimum Gasteiger partial charge on any atom is -0.444 e. The Kier molecular flexibility index (Phi) is 12.8. The van der Waals surface area contributed by atoms with Crippen molar-refractivity contribution < 1.29 is 19.1 Å². The van der Waals surface area contributed by atoms with Crippen molar-refractivity contribution in [2.45, 2.75) is 85.4 Å². The predicted molar refractivity (Wildman–Crippen MR) is 166 cm³/mol. The minimum atomic E-state index is -0.939. The molecule has 220 valence electrons. The highest BCUT2D eigenvalue weighted by molar-refractivity contribution is 7.98. The number of ether oxygens (including phenoxy) is 1. The molecule has 2 aromatic rings. The van der Waals surface area contributed by atoms with Gasteiger partial charge in [-0.2, -0.15) is 11.8 Å². The summed E-state index contributed by atoms with van der Waals surface area (Å²) in [5, 5.41) is 6.20. The van der Waals surface area contributed by atoms with E-state index in [1.807, 2.05) is 64.3 Å². The predicted octanol–water partition coefficient (Wildman–Crippen LogP) is 7.22. The molecule has 9 heteroatoms. The van der Waals surface area contributed by atoms with Crippen LogP contribution in [0, 0.1) is 20.8 Å². The third-order valence-corrected chi connectivity index (χ3v) is 7.47. The molecule has 0 aromatic heterocycles. The second kappa shape index (κ2) is 15.3. The van der Waals surface area contributed by atoms with Gasteiger partial charge >= 0.3 is 6.09 Å². The van der Waals surface area contributed by atoms with Crippen LogP contribution < -0.4 is 10.6 Å². The van der Waals surface area contributed by atoms with Crippen molar-refractivity contribution in [3.05, 3.63) is 63.7 Å². The molecule has 40 heavy (non-hydrogen) atoms. The van der Waals surface area contributed by atoms with Crippen LogP contribution in [0.5, 0.6) is 0 Å². The Balaban J connectivity index is 2.59. The number of carbonyl (C=O) groups excluding carboxylic acids is 3. The van der Waals surface area contributed by atoms with Crippen molar-refractivity contribution in [3.8, 4) is 0 Å². The standard InChI is InChI=1S/C31H44ClN3O4S/c1-9-10-17-35(29(37)25(16-18-40-8)33-30(38)39-31(5,6)7)27(23-15-14-20(2)22(4)19-23)28(36)34-26-21(3)12-11-13-24(26)32/h11-15,19,25,27H,9-10,16-18H2,1-8H3,(H,33,38)(H,34,36). The first kappa shape index (κ1) is 33.5. The van der Waals surface area contributed by atoms with E-state index in [-0.39, 0.29) is 11.8 Å². The van der Waals surface area contributed by atoms with Gasteiger partial charge in [0.1, 0.15) is 17.7 Å². The number of amides is 3. The molecule has 7 nitrogen and oxygen atoms in total. The van der Waals surface area contributed by atoms with E-state index in [2.05, 4.69) is 10.6 Å². The lowest BCUT2D eigenvalue weighted by molar-refractivity contribution is -0.141. The van der Waals surface area contributed by atoms with Crippen molar-refractivity contribution >= 4 is 47.0 Å². The van der Waals surface area contributed by atoms with Gasteiger partial charge in [-0.3, -0.25) is 9.59 Å². The average Bonchev–Trinajstić information content (AvgIpc) is 2.86. The number of para-hydroxylation sites is 1. The van der Waals surface area contributed by atoms with Crippen LogP contribution in [0.4, 0.5) is 10.5 Å². The second-order valence-electron chi connectivity index (χ2n) is 11.0. The summed E-state index contributed by atoms with van der Waals surface area (Å²) in [5.41, 5.74) is 3.40. The Morgan fingerprint density at radius 1 is 1.05 bits per heavy atom. The lowest BCUT2D eigenvalue weighted by atomic mass is 9.97. The Morgan fingerprint density at radius 2 is 1.75 bits per heavy atom. The second-order valence-corrected chi connectivity index (χ2v) is 12.4. The SMILES string of the molecule is CCCCN(C(=O)C(CCSC)NC(=O)OC(C)(C)C)C(C(=O)Nc1c(C)cccc1Cl)c1ccc(C)c(C)c1. The van der Waals surface area contributed by atoms with Crippen molar-refractivity contribution in [2.75, 3.05) is 23.9 Å². The average molecular weight is 590 g/mol. The number of hydrogen-bond acceptors (Lipinski definition) is 5. The Bertz CT molecular complexity index is 1160. The summed E-state index contributed by atoms with van der Waals surface area (Å²) in [6.45, 7) is 13.6. The zero-order valence-corrected chi connectivity index (χ0v) is 26.6. The molecule has 0 radical (unpaired) electrons. The summed E-state index contributed by atoms with van der Waals surface area (Å²) in [6.07, 6.45) is 3.19. The number of aryl methyl sites for hydroxylation is 3. The monoisotopic (exact) mass is 589 g/mol. The van der Waals surface area contributed by atoms with Gasteiger partial charge in [0, 0.05) is 6.54 Å². The highest BCUT2D eigenvalue weighted by atomic mass is 35.5. The number of anilines is 1. The van der Waals surface area contributed by atoms with Crippen molar-refractivity contribution in [1.29, 1.82) is 0 Å². The molecular formula is C31H44ClN3O4S. The van der Waals surface area contributed by atoms with E-state index >= 15 is 0 Å². The summed E-state index contributed by atoms with van der Waals surface area (Å²) in [4.78, 5) is 42.7. The number of rotatable bonds is 12. The van der Waals surface area contributed by atoms with E-state index < -0.39 is 23.8 Å². The number of nitrogens with zero attached hydrogens (tertiary/aromatic N) is 1. The zero-order valence-electron chi connectivity index (χ0n) is 25.0. The maximum absolute atomic E-state index is 14.3. The molecule has 2 aromatic carbocycles. The van der Waals surface area contributed by atoms with Crippen LogP contribution in [0.2, 0.25) is 5.02 Å². The van der Waals surface area contributed by atoms with Gasteiger partial charge < -0.3 is 20.3 Å². The van der Waals surface area contributed by atoms with Gasteiger partial charge in [-0.15, -0.1) is 0 Å². The van der Waals surface area contributed by atoms with E-state index in [0.717, 1.165) is 23.1 Å². The molecule has 0 bridgehead atoms. The summed E-state index contributed by atoms with van der Waals surface area (Å²) >= 11 is 8.03. The van der Waals surface area contributed by atoms with Crippen LogP contribution in [-0.4, -0.2) is 53.0 Å². The molecule has 0 fully saturated rings. The fourth-order valence-corrected chi connectivity index (χ4v) is 4.97. The maximum Gasteiger partial charge on any atom is 0.408 e. The highest BCUT2D eigenvalue weighted by Gasteiger charge is 2.36. The van der Waals surface area contributed by atoms with E-state index in [4.69, 9.17) is 16.3 Å². The first-order valence-electron chi connectivity index (χ1n) is 13.7. The van der Waals surface area contributed by atoms with Gasteiger partial charge in [0.05, 0.1) is 10.7 Å². The molecule has 0 aliphatic carbocycles. The molecule has 2 N–H and O–H groups in total. The molecule has 0 saturated heterocycles. The molecule has 2 atom stereocenters. The van der Waals surface area contributed by atoms with E-state index in [1.54, 1.807) is 43.5 Å². The Hall–Kier alpha value is -2.71. The van der Waals surface area contributed by atoms with Gasteiger partial charge in [-0.25, -0.2) is 4.79 Å². The van der Waals surface area contributed by atoms with Gasteiger partial charge in [-0.05, 0) is 94.7 Å². The summed E-state index contributed by atoms with van der Waals surface area (Å²) in [5.74, 6) is -0.0555. The Labute approximate surface area is 248 Å². The zero-order chi connectivity index (χ0) is 30.0. The molecule has 0 saturated carbocycles. The fourth-order valence-electron chi connectivity index (χ4n) is 4.23. The lowest BCUT2D eigenvalue weighted by Gasteiger charge is -2.35. The molecule has 2 rings (SSSR count). The number of carbonyl (C=O) groups is 3. The van der Waals surface area contributed by atoms with Gasteiger partial charge in [0.25, 0.3) is 5.91 Å². The lowest BCUT2D eigenvalue weighted by Crippen LogP contribution is -2.52. The van der Waals surface area contributed by atoms with Crippen LogP contribution in [0.15, 0.2) is 36.4 Å². The van der Waals surface area contributed by atoms with Gasteiger partial charge in [0.15, 0.2) is 0 Å². The van der Waals surface area contributed by atoms with Crippen molar-refractivity contribution in [2.24, 2.45) is 0 Å².